The lowest BCUT2D eigenvalue weighted by Gasteiger charge is -2.03. The van der Waals surface area contributed by atoms with E-state index in [1.807, 2.05) is 66.2 Å². The number of thiazole rings is 1. The summed E-state index contributed by atoms with van der Waals surface area (Å²) in [5.41, 5.74) is 3.90. The molecule has 1 aliphatic carbocycles. The van der Waals surface area contributed by atoms with E-state index >= 15 is 0 Å². The molecule has 0 atom stereocenters. The molecule has 166 valence electrons. The number of rotatable bonds is 2. The maximum Gasteiger partial charge on any atom is 0.197 e. The van der Waals surface area contributed by atoms with E-state index in [9.17, 15) is 9.59 Å². The number of aryl methyl sites for hydroxylation is 1. The van der Waals surface area contributed by atoms with Gasteiger partial charge in [0.1, 0.15) is 5.01 Å². The molecule has 1 aliphatic rings. The Morgan fingerprint density at radius 3 is 2.06 bits per heavy atom. The molecule has 4 aromatic carbocycles. The van der Waals surface area contributed by atoms with Gasteiger partial charge in [0.2, 0.25) is 0 Å². The van der Waals surface area contributed by atoms with Crippen LogP contribution < -0.4 is 0 Å². The summed E-state index contributed by atoms with van der Waals surface area (Å²) >= 11 is 1.62. The van der Waals surface area contributed by atoms with E-state index in [1.54, 1.807) is 17.4 Å². The molecule has 0 spiro atoms. The van der Waals surface area contributed by atoms with Crippen molar-refractivity contribution in [2.75, 3.05) is 0 Å². The molecule has 6 aromatic rings. The van der Waals surface area contributed by atoms with Crippen molar-refractivity contribution in [2.24, 2.45) is 7.05 Å². The van der Waals surface area contributed by atoms with Crippen LogP contribution in [-0.2, 0) is 7.05 Å². The van der Waals surface area contributed by atoms with Crippen LogP contribution in [0.1, 0.15) is 26.4 Å². The molecule has 0 saturated carbocycles. The van der Waals surface area contributed by atoms with E-state index in [1.165, 1.54) is 10.8 Å². The summed E-state index contributed by atoms with van der Waals surface area (Å²) in [5.74, 6) is -0.436. The molecule has 2 aromatic heterocycles. The third-order valence-electron chi connectivity index (χ3n) is 6.80. The fourth-order valence-corrected chi connectivity index (χ4v) is 6.05. The molecule has 0 N–H and O–H groups in total. The van der Waals surface area contributed by atoms with Crippen LogP contribution >= 0.6 is 11.3 Å². The van der Waals surface area contributed by atoms with E-state index in [0.717, 1.165) is 37.4 Å². The highest BCUT2D eigenvalue weighted by Gasteiger charge is 2.33. The molecule has 0 unspecified atom stereocenters. The lowest BCUT2D eigenvalue weighted by molar-refractivity contribution is 0.0990. The molecule has 0 fully saturated rings. The number of nitrogens with zero attached hydrogens (tertiary/aromatic N) is 2. The first-order chi connectivity index (χ1) is 17.1. The number of hydrogen-bond acceptors (Lipinski definition) is 4. The van der Waals surface area contributed by atoms with Crippen molar-refractivity contribution in [1.82, 2.24) is 9.55 Å². The number of ketones is 2. The summed E-state index contributed by atoms with van der Waals surface area (Å²) in [4.78, 5) is 31.3. The van der Waals surface area contributed by atoms with Gasteiger partial charge in [-0.05, 0) is 45.8 Å². The first-order valence-electron chi connectivity index (χ1n) is 11.4. The van der Waals surface area contributed by atoms with Crippen molar-refractivity contribution in [3.8, 4) is 10.6 Å². The number of carbonyl (C=O) groups is 2. The van der Waals surface area contributed by atoms with Crippen LogP contribution in [0.4, 0.5) is 0 Å². The van der Waals surface area contributed by atoms with E-state index < -0.39 is 0 Å². The largest absolute Gasteiger partial charge is 0.328 e. The number of allylic oxidation sites excluding steroid dienone is 1. The molecule has 7 rings (SSSR count). The Hall–Kier alpha value is -4.35. The van der Waals surface area contributed by atoms with Crippen LogP contribution in [0.3, 0.4) is 0 Å². The Morgan fingerprint density at radius 1 is 0.743 bits per heavy atom. The van der Waals surface area contributed by atoms with Crippen LogP contribution in [0.25, 0.3) is 48.5 Å². The van der Waals surface area contributed by atoms with Crippen LogP contribution in [0.5, 0.6) is 0 Å². The maximum absolute atomic E-state index is 13.2. The molecule has 35 heavy (non-hydrogen) atoms. The number of Topliss-reactive ketones (excluding diaryl/α,β-unsaturated/α-hetero) is 2. The van der Waals surface area contributed by atoms with E-state index in [-0.39, 0.29) is 17.1 Å². The van der Waals surface area contributed by atoms with Gasteiger partial charge in [0.05, 0.1) is 10.3 Å². The summed E-state index contributed by atoms with van der Waals surface area (Å²) in [7, 11) is 1.92. The Kier molecular flexibility index (Phi) is 4.20. The maximum atomic E-state index is 13.2. The first kappa shape index (κ1) is 20.1. The highest BCUT2D eigenvalue weighted by Crippen LogP contribution is 2.37. The van der Waals surface area contributed by atoms with Crippen molar-refractivity contribution in [3.63, 3.8) is 0 Å². The lowest BCUT2D eigenvalue weighted by atomic mass is 10.0. The van der Waals surface area contributed by atoms with Crippen LogP contribution in [0.2, 0.25) is 0 Å². The number of aromatic nitrogens is 2. The van der Waals surface area contributed by atoms with Gasteiger partial charge in [-0.15, -0.1) is 11.3 Å². The molecule has 0 aliphatic heterocycles. The fourth-order valence-electron chi connectivity index (χ4n) is 4.97. The molecule has 4 nitrogen and oxygen atoms in total. The van der Waals surface area contributed by atoms with E-state index in [0.29, 0.717) is 11.1 Å². The van der Waals surface area contributed by atoms with Crippen molar-refractivity contribution >= 4 is 60.9 Å². The third-order valence-corrected chi connectivity index (χ3v) is 7.82. The smallest absolute Gasteiger partial charge is 0.197 e. The number of benzene rings is 4. The summed E-state index contributed by atoms with van der Waals surface area (Å²) in [6.07, 6.45) is 1.71. The highest BCUT2D eigenvalue weighted by atomic mass is 32.1. The Balaban J connectivity index is 1.31. The molecular weight excluding hydrogens is 452 g/mol. The van der Waals surface area contributed by atoms with Crippen molar-refractivity contribution in [1.29, 1.82) is 0 Å². The van der Waals surface area contributed by atoms with Crippen LogP contribution in [0.15, 0.2) is 90.5 Å². The second-order valence-corrected chi connectivity index (χ2v) is 9.85. The second-order valence-electron chi connectivity index (χ2n) is 8.82. The molecule has 0 saturated heterocycles. The van der Waals surface area contributed by atoms with E-state index in [4.69, 9.17) is 4.98 Å². The van der Waals surface area contributed by atoms with Gasteiger partial charge >= 0.3 is 0 Å². The summed E-state index contributed by atoms with van der Waals surface area (Å²) in [6, 6.07) is 28.0. The standard InChI is InChI=1S/C30H18N2O2S/c1-32-20(15-25-27(33)23-13-18-8-2-3-9-19(18)14-24(23)28(25)34)16-26-29(32)31-30(35-26)22-12-6-10-17-7-4-5-11-21(17)22/h2-16H,1H3. The van der Waals surface area contributed by atoms with Crippen molar-refractivity contribution < 1.29 is 9.59 Å². The lowest BCUT2D eigenvalue weighted by Crippen LogP contribution is -2.02. The Bertz CT molecular complexity index is 1840. The molecule has 0 bridgehead atoms. The SMILES string of the molecule is Cn1c(C=C2C(=O)c3cc4ccccc4cc3C2=O)cc2sc(-c3cccc4ccccc34)nc21. The summed E-state index contributed by atoms with van der Waals surface area (Å²) in [5, 5.41) is 5.22. The fraction of sp³-hybridized carbons (Fsp3) is 0.0333. The number of carbonyl (C=O) groups excluding carboxylic acids is 2. The van der Waals surface area contributed by atoms with Gasteiger partial charge in [-0.1, -0.05) is 66.7 Å². The minimum atomic E-state index is -0.218. The zero-order chi connectivity index (χ0) is 23.7. The minimum Gasteiger partial charge on any atom is -0.328 e. The molecule has 0 amide bonds. The predicted octanol–water partition coefficient (Wildman–Crippen LogP) is 7.07. The number of fused-ring (bicyclic) bond motifs is 4. The molecule has 0 radical (unpaired) electrons. The average molecular weight is 471 g/mol. The normalized spacial score (nSPS) is 13.3. The van der Waals surface area contributed by atoms with Gasteiger partial charge in [-0.3, -0.25) is 9.59 Å². The third kappa shape index (κ3) is 2.95. The quantitative estimate of drug-likeness (QED) is 0.201. The predicted molar refractivity (Wildman–Crippen MR) is 142 cm³/mol. The highest BCUT2D eigenvalue weighted by molar-refractivity contribution is 7.21. The van der Waals surface area contributed by atoms with Crippen LogP contribution in [0, 0.1) is 0 Å². The van der Waals surface area contributed by atoms with Gasteiger partial charge in [-0.25, -0.2) is 4.98 Å². The first-order valence-corrected chi connectivity index (χ1v) is 12.2. The summed E-state index contributed by atoms with van der Waals surface area (Å²) < 4.78 is 2.97. The molecule has 5 heteroatoms. The van der Waals surface area contributed by atoms with Gasteiger partial charge in [0.25, 0.3) is 0 Å². The summed E-state index contributed by atoms with van der Waals surface area (Å²) in [6.45, 7) is 0. The number of hydrogen-bond donors (Lipinski definition) is 0. The second kappa shape index (κ2) is 7.32. The Labute approximate surface area is 204 Å². The van der Waals surface area contributed by atoms with Gasteiger partial charge in [0.15, 0.2) is 17.2 Å². The van der Waals surface area contributed by atoms with Gasteiger partial charge in [-0.2, -0.15) is 0 Å². The Morgan fingerprint density at radius 2 is 1.37 bits per heavy atom. The zero-order valence-electron chi connectivity index (χ0n) is 18.8. The molecular formula is C30H18N2O2S. The topological polar surface area (TPSA) is 52.0 Å². The zero-order valence-corrected chi connectivity index (χ0v) is 19.6. The minimum absolute atomic E-state index is 0.206. The monoisotopic (exact) mass is 470 g/mol. The van der Waals surface area contributed by atoms with Crippen molar-refractivity contribution in [3.05, 3.63) is 107 Å². The average Bonchev–Trinajstić information content (AvgIpc) is 3.50. The van der Waals surface area contributed by atoms with Crippen molar-refractivity contribution in [2.45, 2.75) is 0 Å². The molecule has 2 heterocycles. The van der Waals surface area contributed by atoms with Gasteiger partial charge < -0.3 is 4.57 Å². The van der Waals surface area contributed by atoms with Gasteiger partial charge in [0, 0.05) is 29.4 Å². The van der Waals surface area contributed by atoms with E-state index in [2.05, 4.69) is 30.3 Å². The van der Waals surface area contributed by atoms with Crippen LogP contribution in [-0.4, -0.2) is 21.1 Å².